The molecule has 0 amide bonds. The summed E-state index contributed by atoms with van der Waals surface area (Å²) in [7, 11) is 9.87. The summed E-state index contributed by atoms with van der Waals surface area (Å²) >= 11 is -0.826. The summed E-state index contributed by atoms with van der Waals surface area (Å²) in [6.45, 7) is 0. The van der Waals surface area contributed by atoms with Crippen molar-refractivity contribution in [2.75, 3.05) is 0 Å². The molecule has 72 valence electrons. The van der Waals surface area contributed by atoms with Crippen LogP contribution in [0.15, 0.2) is 12.1 Å². The number of benzene rings is 1. The summed E-state index contributed by atoms with van der Waals surface area (Å²) in [5.41, 5.74) is 0. The summed E-state index contributed by atoms with van der Waals surface area (Å²) in [5.74, 6) is -4.84. The minimum absolute atomic E-state index is 0.356. The molecule has 1 nitrogen and oxygen atoms in total. The molecule has 0 atom stereocenters. The molecule has 1 rings (SSSR count). The van der Waals surface area contributed by atoms with Crippen LogP contribution in [0.4, 0.5) is 13.2 Å². The van der Waals surface area contributed by atoms with E-state index in [1.807, 2.05) is 0 Å². The van der Waals surface area contributed by atoms with E-state index in [-0.39, 0.29) is 0 Å². The summed E-state index contributed by atoms with van der Waals surface area (Å²) in [6, 6.07) is 0.855. The predicted octanol–water partition coefficient (Wildman–Crippen LogP) is 3.19. The Morgan fingerprint density at radius 3 is 2.00 bits per heavy atom. The van der Waals surface area contributed by atoms with Gasteiger partial charge < -0.3 is 5.11 Å². The predicted molar refractivity (Wildman–Crippen MR) is 39.7 cm³/mol. The Kier molecular flexibility index (Phi) is 6.83. The van der Waals surface area contributed by atoms with E-state index in [9.17, 15) is 13.2 Å². The van der Waals surface area contributed by atoms with Gasteiger partial charge in [0.15, 0.2) is 11.6 Å². The van der Waals surface area contributed by atoms with E-state index < -0.39 is 44.0 Å². The van der Waals surface area contributed by atoms with Crippen LogP contribution in [0.5, 0.6) is 5.75 Å². The van der Waals surface area contributed by atoms with E-state index in [0.29, 0.717) is 12.1 Å². The van der Waals surface area contributed by atoms with Crippen molar-refractivity contribution in [1.29, 1.82) is 0 Å². The summed E-state index contributed by atoms with van der Waals surface area (Å²) in [5, 5.41) is 8.43. The normalized spacial score (nSPS) is 8.69. The van der Waals surface area contributed by atoms with Crippen LogP contribution in [0, 0.1) is 17.5 Å². The van der Waals surface area contributed by atoms with Crippen molar-refractivity contribution in [3.8, 4) is 5.75 Å². The topological polar surface area (TPSA) is 20.2 Å². The second kappa shape index (κ2) is 6.69. The van der Waals surface area contributed by atoms with Crippen LogP contribution in [-0.4, -0.2) is 5.11 Å². The standard InChI is InChI=1S/C6H3F3O.2ClH.Zr/c7-3-1-4(8)6(9)5(10)2-3;;;/h1-2,10H;2*1H;/q;;;+2/p-2. The third-order valence-electron chi connectivity index (χ3n) is 0.974. The van der Waals surface area contributed by atoms with Crippen LogP contribution < -0.4 is 0 Å². The van der Waals surface area contributed by atoms with Crippen LogP contribution in [-0.2, 0) is 20.8 Å². The van der Waals surface area contributed by atoms with Gasteiger partial charge in [0.25, 0.3) is 0 Å². The Bertz CT molecular complexity index is 262. The third-order valence-corrected chi connectivity index (χ3v) is 0.974. The second-order valence-corrected chi connectivity index (χ2v) is 5.52. The van der Waals surface area contributed by atoms with Gasteiger partial charge in [-0.1, -0.05) is 0 Å². The first-order chi connectivity index (χ1) is 6.02. The van der Waals surface area contributed by atoms with Gasteiger partial charge in [-0.05, 0) is 0 Å². The van der Waals surface area contributed by atoms with Gasteiger partial charge in [-0.3, -0.25) is 0 Å². The van der Waals surface area contributed by atoms with E-state index in [1.54, 1.807) is 0 Å². The summed E-state index contributed by atoms with van der Waals surface area (Å²) < 4.78 is 36.2. The van der Waals surface area contributed by atoms with Gasteiger partial charge in [-0.25, -0.2) is 8.78 Å². The molecule has 7 heteroatoms. The quantitative estimate of drug-likeness (QED) is 0.730. The number of halogens is 5. The average Bonchev–Trinajstić information content (AvgIpc) is 2.01. The van der Waals surface area contributed by atoms with Gasteiger partial charge in [0, 0.05) is 12.1 Å². The zero-order chi connectivity index (χ0) is 10.4. The molecule has 0 radical (unpaired) electrons. The first-order valence-electron chi connectivity index (χ1n) is 2.82. The minimum atomic E-state index is -1.43. The van der Waals surface area contributed by atoms with Crippen molar-refractivity contribution in [1.82, 2.24) is 0 Å². The van der Waals surface area contributed by atoms with Crippen LogP contribution in [0.25, 0.3) is 0 Å². The van der Waals surface area contributed by atoms with Crippen LogP contribution in [0.1, 0.15) is 0 Å². The second-order valence-electron chi connectivity index (χ2n) is 1.79. The first-order valence-corrected chi connectivity index (χ1v) is 9.15. The number of phenols is 1. The van der Waals surface area contributed by atoms with E-state index in [0.717, 1.165) is 0 Å². The number of hydrogen-bond acceptors (Lipinski definition) is 1. The van der Waals surface area contributed by atoms with Crippen LogP contribution in [0.3, 0.4) is 0 Å². The van der Waals surface area contributed by atoms with Gasteiger partial charge in [0.2, 0.25) is 5.82 Å². The molecule has 1 aromatic carbocycles. The van der Waals surface area contributed by atoms with E-state index in [2.05, 4.69) is 0 Å². The summed E-state index contributed by atoms with van der Waals surface area (Å²) in [4.78, 5) is 0. The molecule has 0 fully saturated rings. The fourth-order valence-corrected chi connectivity index (χ4v) is 0.542. The SMILES string of the molecule is Oc1cc(F)cc(F)c1F.[Cl][Zr][Cl]. The number of rotatable bonds is 0. The van der Waals surface area contributed by atoms with Crippen LogP contribution in [0.2, 0.25) is 0 Å². The van der Waals surface area contributed by atoms with Crippen LogP contribution >= 0.6 is 17.0 Å². The van der Waals surface area contributed by atoms with Crippen molar-refractivity contribution in [2.24, 2.45) is 0 Å². The molecule has 0 aliphatic carbocycles. The molecule has 1 aromatic rings. The monoisotopic (exact) mass is 308 g/mol. The van der Waals surface area contributed by atoms with Crippen molar-refractivity contribution in [3.05, 3.63) is 29.6 Å². The van der Waals surface area contributed by atoms with Gasteiger partial charge in [0.05, 0.1) is 0 Å². The fraction of sp³-hybridized carbons (Fsp3) is 0. The van der Waals surface area contributed by atoms with Crippen molar-refractivity contribution < 1.29 is 39.1 Å². The molecule has 0 aliphatic rings. The Morgan fingerprint density at radius 1 is 1.15 bits per heavy atom. The first kappa shape index (κ1) is 13.3. The van der Waals surface area contributed by atoms with Crippen molar-refractivity contribution >= 4 is 17.0 Å². The fourth-order valence-electron chi connectivity index (χ4n) is 0.542. The molecule has 0 aromatic heterocycles. The van der Waals surface area contributed by atoms with E-state index in [1.165, 1.54) is 0 Å². The Balaban J connectivity index is 0.000000424. The zero-order valence-corrected chi connectivity index (χ0v) is 9.96. The molecule has 1 N–H and O–H groups in total. The Morgan fingerprint density at radius 2 is 1.62 bits per heavy atom. The molecular formula is C6H3Cl2F3OZr. The number of hydrogen-bond donors (Lipinski definition) is 1. The molecule has 0 aliphatic heterocycles. The molecular weight excluding hydrogens is 307 g/mol. The molecule has 0 saturated heterocycles. The zero-order valence-electron chi connectivity index (χ0n) is 5.99. The molecule has 0 bridgehead atoms. The van der Waals surface area contributed by atoms with Gasteiger partial charge in [-0.15, -0.1) is 0 Å². The Hall–Kier alpha value is 0.273. The maximum atomic E-state index is 12.1. The average molecular weight is 310 g/mol. The molecule has 0 spiro atoms. The molecule has 0 saturated carbocycles. The summed E-state index contributed by atoms with van der Waals surface area (Å²) in [6.07, 6.45) is 0. The number of aromatic hydroxyl groups is 1. The Labute approximate surface area is 91.1 Å². The van der Waals surface area contributed by atoms with E-state index >= 15 is 0 Å². The third kappa shape index (κ3) is 4.89. The van der Waals surface area contributed by atoms with Gasteiger partial charge in [0.1, 0.15) is 5.82 Å². The molecule has 0 heterocycles. The molecule has 0 unspecified atom stereocenters. The maximum absolute atomic E-state index is 12.1. The van der Waals surface area contributed by atoms with Gasteiger partial charge in [-0.2, -0.15) is 4.39 Å². The van der Waals surface area contributed by atoms with Crippen molar-refractivity contribution in [2.45, 2.75) is 0 Å². The van der Waals surface area contributed by atoms with Gasteiger partial charge >= 0.3 is 37.9 Å². The van der Waals surface area contributed by atoms with Crippen molar-refractivity contribution in [3.63, 3.8) is 0 Å². The number of phenolic OH excluding ortho intramolecular Hbond substituents is 1. The van der Waals surface area contributed by atoms with E-state index in [4.69, 9.17) is 22.1 Å². The molecule has 13 heavy (non-hydrogen) atoms.